The maximum Gasteiger partial charge on any atom is 0.339 e. The minimum atomic E-state index is -0.336. The molecule has 4 nitrogen and oxygen atoms in total. The number of esters is 1. The number of carbonyl (C=O) groups excluding carboxylic acids is 1. The van der Waals surface area contributed by atoms with Crippen LogP contribution in [-0.2, 0) is 11.3 Å². The number of hydrogen-bond donors (Lipinski definition) is 1. The molecular weight excluding hydrogens is 252 g/mol. The van der Waals surface area contributed by atoms with Crippen molar-refractivity contribution in [1.82, 2.24) is 10.3 Å². The van der Waals surface area contributed by atoms with Gasteiger partial charge in [0.25, 0.3) is 0 Å². The molecule has 0 radical (unpaired) electrons. The molecule has 0 aromatic carbocycles. The van der Waals surface area contributed by atoms with Crippen LogP contribution >= 0.6 is 0 Å². The van der Waals surface area contributed by atoms with Gasteiger partial charge in [0.1, 0.15) is 0 Å². The van der Waals surface area contributed by atoms with Crippen LogP contribution in [0.4, 0.5) is 0 Å². The Kier molecular flexibility index (Phi) is 5.99. The van der Waals surface area contributed by atoms with Gasteiger partial charge in [-0.25, -0.2) is 4.79 Å². The highest BCUT2D eigenvalue weighted by molar-refractivity contribution is 5.88. The van der Waals surface area contributed by atoms with Crippen LogP contribution in [0.5, 0.6) is 0 Å². The van der Waals surface area contributed by atoms with E-state index in [0.717, 1.165) is 12.2 Å². The number of ether oxygens (including phenoxy) is 1. The second-order valence-corrected chi connectivity index (χ2v) is 5.45. The first-order chi connectivity index (χ1) is 9.79. The van der Waals surface area contributed by atoms with E-state index in [1.165, 1.54) is 52.1 Å². The molecule has 0 unspecified atom stereocenters. The van der Waals surface area contributed by atoms with E-state index in [2.05, 4.69) is 15.0 Å². The maximum absolute atomic E-state index is 11.3. The van der Waals surface area contributed by atoms with Crippen LogP contribution in [0.25, 0.3) is 0 Å². The molecule has 0 atom stereocenters. The number of methoxy groups -OCH3 is 1. The Bertz CT molecular complexity index is 409. The zero-order valence-corrected chi connectivity index (χ0v) is 12.2. The van der Waals surface area contributed by atoms with E-state index < -0.39 is 0 Å². The Hall–Kier alpha value is -1.42. The molecule has 1 N–H and O–H groups in total. The van der Waals surface area contributed by atoms with Gasteiger partial charge in [-0.15, -0.1) is 0 Å². The lowest BCUT2D eigenvalue weighted by Gasteiger charge is -2.20. The van der Waals surface area contributed by atoms with Crippen LogP contribution in [0.3, 0.4) is 0 Å². The summed E-state index contributed by atoms with van der Waals surface area (Å²) < 4.78 is 4.66. The SMILES string of the molecule is COC(=O)c1ccc(CNC2CCCCCCC2)nc1. The average molecular weight is 276 g/mol. The van der Waals surface area contributed by atoms with E-state index in [9.17, 15) is 4.79 Å². The molecule has 4 heteroatoms. The summed E-state index contributed by atoms with van der Waals surface area (Å²) in [6.45, 7) is 0.770. The molecule has 1 aliphatic rings. The topological polar surface area (TPSA) is 51.2 Å². The number of rotatable bonds is 4. The van der Waals surface area contributed by atoms with Crippen LogP contribution in [0, 0.1) is 0 Å². The van der Waals surface area contributed by atoms with E-state index in [1.807, 2.05) is 6.07 Å². The summed E-state index contributed by atoms with van der Waals surface area (Å²) in [5.41, 5.74) is 1.47. The summed E-state index contributed by atoms with van der Waals surface area (Å²) in [5.74, 6) is -0.336. The van der Waals surface area contributed by atoms with Crippen molar-refractivity contribution in [3.05, 3.63) is 29.6 Å². The minimum absolute atomic E-state index is 0.336. The largest absolute Gasteiger partial charge is 0.465 e. The molecule has 1 aromatic rings. The quantitative estimate of drug-likeness (QED) is 0.859. The monoisotopic (exact) mass is 276 g/mol. The highest BCUT2D eigenvalue weighted by atomic mass is 16.5. The van der Waals surface area contributed by atoms with Crippen molar-refractivity contribution >= 4 is 5.97 Å². The van der Waals surface area contributed by atoms with Crippen LogP contribution in [-0.4, -0.2) is 24.1 Å². The van der Waals surface area contributed by atoms with Crippen molar-refractivity contribution in [2.45, 2.75) is 57.5 Å². The van der Waals surface area contributed by atoms with E-state index in [-0.39, 0.29) is 5.97 Å². The lowest BCUT2D eigenvalue weighted by atomic mass is 9.97. The second kappa shape index (κ2) is 8.00. The van der Waals surface area contributed by atoms with Crippen molar-refractivity contribution in [2.24, 2.45) is 0 Å². The lowest BCUT2D eigenvalue weighted by Crippen LogP contribution is -2.29. The molecule has 0 saturated heterocycles. The summed E-state index contributed by atoms with van der Waals surface area (Å²) in [6.07, 6.45) is 10.9. The number of aromatic nitrogens is 1. The van der Waals surface area contributed by atoms with Gasteiger partial charge in [-0.3, -0.25) is 4.98 Å². The third kappa shape index (κ3) is 4.60. The van der Waals surface area contributed by atoms with Gasteiger partial charge in [0.15, 0.2) is 0 Å². The molecule has 20 heavy (non-hydrogen) atoms. The van der Waals surface area contributed by atoms with Gasteiger partial charge in [-0.1, -0.05) is 32.1 Å². The number of nitrogens with one attached hydrogen (secondary N) is 1. The molecular formula is C16H24N2O2. The van der Waals surface area contributed by atoms with Crippen LogP contribution in [0.1, 0.15) is 61.0 Å². The Morgan fingerprint density at radius 3 is 2.55 bits per heavy atom. The van der Waals surface area contributed by atoms with Gasteiger partial charge in [0.05, 0.1) is 18.4 Å². The van der Waals surface area contributed by atoms with E-state index >= 15 is 0 Å². The van der Waals surface area contributed by atoms with Crippen molar-refractivity contribution in [2.75, 3.05) is 7.11 Å². The lowest BCUT2D eigenvalue weighted by molar-refractivity contribution is 0.0600. The van der Waals surface area contributed by atoms with Crippen molar-refractivity contribution < 1.29 is 9.53 Å². The molecule has 1 fully saturated rings. The zero-order chi connectivity index (χ0) is 14.2. The maximum atomic E-state index is 11.3. The number of hydrogen-bond acceptors (Lipinski definition) is 4. The number of carbonyl (C=O) groups is 1. The summed E-state index contributed by atoms with van der Waals surface area (Å²) >= 11 is 0. The summed E-state index contributed by atoms with van der Waals surface area (Å²) in [4.78, 5) is 15.6. The first-order valence-electron chi connectivity index (χ1n) is 7.56. The molecule has 0 aliphatic heterocycles. The Balaban J connectivity index is 1.82. The van der Waals surface area contributed by atoms with Gasteiger partial charge in [0, 0.05) is 18.8 Å². The standard InChI is InChI=1S/C16H24N2O2/c1-20-16(19)13-9-10-15(17-11-13)12-18-14-7-5-3-2-4-6-8-14/h9-11,14,18H,2-8,12H2,1H3. The van der Waals surface area contributed by atoms with E-state index in [0.29, 0.717) is 11.6 Å². The van der Waals surface area contributed by atoms with Crippen LogP contribution < -0.4 is 5.32 Å². The van der Waals surface area contributed by atoms with Gasteiger partial charge in [-0.2, -0.15) is 0 Å². The molecule has 1 aliphatic carbocycles. The van der Waals surface area contributed by atoms with Gasteiger partial charge < -0.3 is 10.1 Å². The van der Waals surface area contributed by atoms with E-state index in [4.69, 9.17) is 0 Å². The summed E-state index contributed by atoms with van der Waals surface area (Å²) in [7, 11) is 1.38. The Labute approximate surface area is 120 Å². The smallest absolute Gasteiger partial charge is 0.339 e. The molecule has 0 bridgehead atoms. The predicted octanol–water partition coefficient (Wildman–Crippen LogP) is 3.07. The zero-order valence-electron chi connectivity index (χ0n) is 12.2. The van der Waals surface area contributed by atoms with Gasteiger partial charge in [-0.05, 0) is 25.0 Å². The van der Waals surface area contributed by atoms with Crippen molar-refractivity contribution in [3.63, 3.8) is 0 Å². The number of pyridine rings is 1. The molecule has 110 valence electrons. The third-order valence-electron chi connectivity index (χ3n) is 3.92. The first kappa shape index (κ1) is 15.0. The fourth-order valence-corrected chi connectivity index (χ4v) is 2.68. The highest BCUT2D eigenvalue weighted by Crippen LogP contribution is 2.17. The summed E-state index contributed by atoms with van der Waals surface area (Å²) in [5, 5.41) is 3.59. The first-order valence-corrected chi connectivity index (χ1v) is 7.56. The second-order valence-electron chi connectivity index (χ2n) is 5.45. The van der Waals surface area contributed by atoms with E-state index in [1.54, 1.807) is 12.3 Å². The molecule has 2 rings (SSSR count). The molecule has 0 amide bonds. The van der Waals surface area contributed by atoms with Crippen molar-refractivity contribution in [3.8, 4) is 0 Å². The predicted molar refractivity (Wildman–Crippen MR) is 78.5 cm³/mol. The molecule has 0 spiro atoms. The van der Waals surface area contributed by atoms with Gasteiger partial charge in [0.2, 0.25) is 0 Å². The Morgan fingerprint density at radius 2 is 1.95 bits per heavy atom. The van der Waals surface area contributed by atoms with Crippen molar-refractivity contribution in [1.29, 1.82) is 0 Å². The summed E-state index contributed by atoms with van der Waals surface area (Å²) in [6, 6.07) is 4.27. The highest BCUT2D eigenvalue weighted by Gasteiger charge is 2.11. The Morgan fingerprint density at radius 1 is 1.25 bits per heavy atom. The average Bonchev–Trinajstić information content (AvgIpc) is 2.46. The number of nitrogens with zero attached hydrogens (tertiary/aromatic N) is 1. The fourth-order valence-electron chi connectivity index (χ4n) is 2.68. The molecule has 1 aromatic heterocycles. The molecule has 1 saturated carbocycles. The molecule has 1 heterocycles. The third-order valence-corrected chi connectivity index (χ3v) is 3.92. The van der Waals surface area contributed by atoms with Crippen LogP contribution in [0.2, 0.25) is 0 Å². The fraction of sp³-hybridized carbons (Fsp3) is 0.625. The normalized spacial score (nSPS) is 17.2. The minimum Gasteiger partial charge on any atom is -0.465 e. The van der Waals surface area contributed by atoms with Crippen LogP contribution in [0.15, 0.2) is 18.3 Å². The van der Waals surface area contributed by atoms with Gasteiger partial charge >= 0.3 is 5.97 Å².